The van der Waals surface area contributed by atoms with E-state index in [9.17, 15) is 27.6 Å². The fourth-order valence-corrected chi connectivity index (χ4v) is 4.19. The molecule has 12 heteroatoms. The van der Waals surface area contributed by atoms with Crippen LogP contribution in [0.3, 0.4) is 0 Å². The van der Waals surface area contributed by atoms with Crippen LogP contribution in [0.1, 0.15) is 51.2 Å². The Bertz CT molecular complexity index is 1260. The van der Waals surface area contributed by atoms with Crippen molar-refractivity contribution < 1.29 is 37.0 Å². The minimum Gasteiger partial charge on any atom is -0.460 e. The van der Waals surface area contributed by atoms with E-state index in [1.54, 1.807) is 70.3 Å². The number of carbonyl (C=O) groups excluding carboxylic acids is 3. The number of halogens is 3. The van der Waals surface area contributed by atoms with Gasteiger partial charge in [-0.25, -0.2) is 4.99 Å². The zero-order chi connectivity index (χ0) is 30.2. The number of rotatable bonds is 11. The van der Waals surface area contributed by atoms with Gasteiger partial charge in [0.2, 0.25) is 12.1 Å². The number of alkyl halides is 3. The van der Waals surface area contributed by atoms with Crippen LogP contribution >= 0.6 is 0 Å². The molecule has 0 spiro atoms. The van der Waals surface area contributed by atoms with Crippen molar-refractivity contribution in [2.24, 2.45) is 10.9 Å². The normalized spacial score (nSPS) is 16.0. The number of fused-ring (bicyclic) bond motifs is 1. The van der Waals surface area contributed by atoms with Crippen molar-refractivity contribution in [3.63, 3.8) is 0 Å². The number of methoxy groups -OCH3 is 1. The molecule has 0 fully saturated rings. The van der Waals surface area contributed by atoms with Crippen molar-refractivity contribution in [3.05, 3.63) is 59.7 Å². The monoisotopic (exact) mass is 576 g/mol. The van der Waals surface area contributed by atoms with E-state index in [2.05, 4.69) is 20.9 Å². The van der Waals surface area contributed by atoms with E-state index in [1.807, 2.05) is 6.07 Å². The van der Waals surface area contributed by atoms with Gasteiger partial charge in [-0.2, -0.15) is 13.2 Å². The van der Waals surface area contributed by atoms with Crippen LogP contribution in [0, 0.1) is 5.92 Å². The zero-order valence-electron chi connectivity index (χ0n) is 23.4. The number of carbonyl (C=O) groups is 3. The zero-order valence-corrected chi connectivity index (χ0v) is 23.4. The lowest BCUT2D eigenvalue weighted by Crippen LogP contribution is -2.45. The number of ether oxygens (including phenoxy) is 2. The van der Waals surface area contributed by atoms with Gasteiger partial charge in [-0.3, -0.25) is 14.4 Å². The number of hydrogen-bond donors (Lipinski definition) is 3. The maximum Gasteiger partial charge on any atom is 0.389 e. The van der Waals surface area contributed by atoms with E-state index >= 15 is 0 Å². The minimum atomic E-state index is -4.54. The SMILES string of the molecule is COCCNc1cccc2c1NC(=O)C(NC(=O)C(CCC(F)(F)F)CC(=O)OC(C)(C)C)N=C2c1ccccc1. The topological polar surface area (TPSA) is 118 Å². The number of anilines is 2. The molecule has 0 radical (unpaired) electrons. The molecule has 0 saturated heterocycles. The second kappa shape index (κ2) is 13.6. The molecule has 41 heavy (non-hydrogen) atoms. The number of hydrogen-bond acceptors (Lipinski definition) is 7. The summed E-state index contributed by atoms with van der Waals surface area (Å²) in [6.45, 7) is 5.70. The van der Waals surface area contributed by atoms with Crippen molar-refractivity contribution in [1.29, 1.82) is 0 Å². The van der Waals surface area contributed by atoms with Crippen molar-refractivity contribution in [2.75, 3.05) is 30.9 Å². The molecule has 3 rings (SSSR count). The van der Waals surface area contributed by atoms with Gasteiger partial charge in [0.1, 0.15) is 5.60 Å². The predicted octanol–water partition coefficient (Wildman–Crippen LogP) is 4.67. The van der Waals surface area contributed by atoms with E-state index in [0.29, 0.717) is 41.4 Å². The molecule has 2 aromatic rings. The average Bonchev–Trinajstić information content (AvgIpc) is 3.02. The van der Waals surface area contributed by atoms with Crippen LogP contribution in [0.25, 0.3) is 0 Å². The predicted molar refractivity (Wildman–Crippen MR) is 149 cm³/mol. The third-order valence-electron chi connectivity index (χ3n) is 6.00. The Kier molecular flexibility index (Phi) is 10.5. The van der Waals surface area contributed by atoms with E-state index in [0.717, 1.165) is 0 Å². The first-order valence-corrected chi connectivity index (χ1v) is 13.2. The third kappa shape index (κ3) is 9.59. The summed E-state index contributed by atoms with van der Waals surface area (Å²) in [5.74, 6) is -3.83. The molecule has 0 aromatic heterocycles. The number of amides is 2. The van der Waals surface area contributed by atoms with Crippen LogP contribution in [-0.4, -0.2) is 61.7 Å². The lowest BCUT2D eigenvalue weighted by Gasteiger charge is -2.23. The molecule has 0 aliphatic carbocycles. The van der Waals surface area contributed by atoms with Crippen LogP contribution in [0.2, 0.25) is 0 Å². The summed E-state index contributed by atoms with van der Waals surface area (Å²) in [5, 5.41) is 8.46. The molecule has 0 saturated carbocycles. The van der Waals surface area contributed by atoms with E-state index in [4.69, 9.17) is 9.47 Å². The van der Waals surface area contributed by atoms with Gasteiger partial charge in [-0.05, 0) is 33.3 Å². The molecule has 0 bridgehead atoms. The highest BCUT2D eigenvalue weighted by atomic mass is 19.4. The Hall–Kier alpha value is -3.93. The van der Waals surface area contributed by atoms with E-state index < -0.39 is 60.9 Å². The molecule has 2 atom stereocenters. The van der Waals surface area contributed by atoms with Crippen LogP contribution in [-0.2, 0) is 23.9 Å². The lowest BCUT2D eigenvalue weighted by molar-refractivity contribution is -0.159. The molecule has 9 nitrogen and oxygen atoms in total. The first-order chi connectivity index (χ1) is 19.3. The Morgan fingerprint density at radius 1 is 1.07 bits per heavy atom. The summed E-state index contributed by atoms with van der Waals surface area (Å²) < 4.78 is 49.5. The van der Waals surface area contributed by atoms with E-state index in [1.165, 1.54) is 0 Å². The largest absolute Gasteiger partial charge is 0.460 e. The van der Waals surface area contributed by atoms with Gasteiger partial charge < -0.3 is 25.4 Å². The van der Waals surface area contributed by atoms with Crippen LogP contribution in [0.15, 0.2) is 53.5 Å². The summed E-state index contributed by atoms with van der Waals surface area (Å²) >= 11 is 0. The first kappa shape index (κ1) is 31.6. The highest BCUT2D eigenvalue weighted by molar-refractivity contribution is 6.21. The molecule has 1 heterocycles. The quantitative estimate of drug-likeness (QED) is 0.264. The third-order valence-corrected chi connectivity index (χ3v) is 6.00. The number of esters is 1. The molecule has 222 valence electrons. The summed E-state index contributed by atoms with van der Waals surface area (Å²) in [6, 6.07) is 14.3. The van der Waals surface area contributed by atoms with Crippen molar-refractivity contribution >= 4 is 34.9 Å². The van der Waals surface area contributed by atoms with Gasteiger partial charge in [-0.15, -0.1) is 0 Å². The van der Waals surface area contributed by atoms with Gasteiger partial charge in [0, 0.05) is 37.1 Å². The maximum absolute atomic E-state index is 13.4. The standard InChI is InChI=1S/C29H35F3N4O5/c1-28(2,3)41-22(37)17-19(13-14-29(30,31)32)26(38)36-25-27(39)35-24-20(11-8-12-21(24)33-15-16-40-4)23(34-25)18-9-6-5-7-10-18/h5-12,19,25,33H,13-17H2,1-4H3,(H,35,39)(H,36,38). The number of benzene rings is 2. The van der Waals surface area contributed by atoms with Gasteiger partial charge in [0.15, 0.2) is 0 Å². The van der Waals surface area contributed by atoms with Gasteiger partial charge in [0.05, 0.1) is 30.1 Å². The lowest BCUT2D eigenvalue weighted by atomic mass is 9.97. The molecular weight excluding hydrogens is 541 g/mol. The Morgan fingerprint density at radius 3 is 2.41 bits per heavy atom. The summed E-state index contributed by atoms with van der Waals surface area (Å²) in [5.41, 5.74) is 1.75. The number of nitrogens with one attached hydrogen (secondary N) is 3. The molecular formula is C29H35F3N4O5. The number of aliphatic imine (C=N–C) groups is 1. The average molecular weight is 577 g/mol. The summed E-state index contributed by atoms with van der Waals surface area (Å²) in [4.78, 5) is 43.6. The second-order valence-corrected chi connectivity index (χ2v) is 10.5. The van der Waals surface area contributed by atoms with Gasteiger partial charge >= 0.3 is 12.1 Å². The molecule has 3 N–H and O–H groups in total. The van der Waals surface area contributed by atoms with Crippen molar-refractivity contribution in [2.45, 2.75) is 58.0 Å². The summed E-state index contributed by atoms with van der Waals surface area (Å²) in [7, 11) is 1.56. The fourth-order valence-electron chi connectivity index (χ4n) is 4.19. The van der Waals surface area contributed by atoms with Crippen molar-refractivity contribution in [3.8, 4) is 0 Å². The Morgan fingerprint density at radius 2 is 1.78 bits per heavy atom. The highest BCUT2D eigenvalue weighted by Gasteiger charge is 2.35. The molecule has 2 amide bonds. The van der Waals surface area contributed by atoms with E-state index in [-0.39, 0.29) is 0 Å². The molecule has 1 aliphatic rings. The fraction of sp³-hybridized carbons (Fsp3) is 0.448. The second-order valence-electron chi connectivity index (χ2n) is 10.5. The smallest absolute Gasteiger partial charge is 0.389 e. The molecule has 1 aliphatic heterocycles. The van der Waals surface area contributed by atoms with Gasteiger partial charge in [-0.1, -0.05) is 42.5 Å². The van der Waals surface area contributed by atoms with Crippen LogP contribution in [0.4, 0.5) is 24.5 Å². The number of para-hydroxylation sites is 1. The maximum atomic E-state index is 13.4. The van der Waals surface area contributed by atoms with Crippen LogP contribution < -0.4 is 16.0 Å². The molecule has 2 aromatic carbocycles. The summed E-state index contributed by atoms with van der Waals surface area (Å²) in [6.07, 6.45) is -8.56. The Labute approximate surface area is 236 Å². The number of benzodiazepines with no additional fused rings is 1. The van der Waals surface area contributed by atoms with Crippen LogP contribution in [0.5, 0.6) is 0 Å². The number of nitrogens with zero attached hydrogens (tertiary/aromatic N) is 1. The first-order valence-electron chi connectivity index (χ1n) is 13.2. The van der Waals surface area contributed by atoms with Gasteiger partial charge in [0.25, 0.3) is 5.91 Å². The minimum absolute atomic E-state index is 0.388. The molecule has 2 unspecified atom stereocenters. The van der Waals surface area contributed by atoms with Crippen molar-refractivity contribution in [1.82, 2.24) is 5.32 Å². The Balaban J connectivity index is 1.95. The highest BCUT2D eigenvalue weighted by Crippen LogP contribution is 2.32.